The van der Waals surface area contributed by atoms with Crippen LogP contribution in [-0.2, 0) is 26.1 Å². The van der Waals surface area contributed by atoms with Crippen molar-refractivity contribution in [2.24, 2.45) is 0 Å². The smallest absolute Gasteiger partial charge is 0.338 e. The summed E-state index contributed by atoms with van der Waals surface area (Å²) in [4.78, 5) is 24.2. The number of esters is 1. The number of carbonyl (C=O) groups is 2. The van der Waals surface area contributed by atoms with Gasteiger partial charge in [0.05, 0.1) is 23.3 Å². The van der Waals surface area contributed by atoms with Crippen molar-refractivity contribution in [1.29, 1.82) is 0 Å². The number of rotatable bonds is 9. The molecule has 0 atom stereocenters. The molecular formula is C23H24N2O6S. The first kappa shape index (κ1) is 23.2. The predicted molar refractivity (Wildman–Crippen MR) is 119 cm³/mol. The van der Waals surface area contributed by atoms with Crippen molar-refractivity contribution in [3.05, 3.63) is 83.8 Å². The fraction of sp³-hybridized carbons (Fsp3) is 0.217. The first-order valence-electron chi connectivity index (χ1n) is 9.93. The van der Waals surface area contributed by atoms with Crippen LogP contribution in [0.2, 0.25) is 0 Å². The normalized spacial score (nSPS) is 11.3. The zero-order chi connectivity index (χ0) is 23.1. The Morgan fingerprint density at radius 1 is 1.00 bits per heavy atom. The summed E-state index contributed by atoms with van der Waals surface area (Å²) in [6.07, 6.45) is 1.45. The second kappa shape index (κ2) is 10.3. The standard InChI is InChI=1S/C23H24N2O6S/c1-16(2)17-5-9-19(10-6-17)25-22(26)15-31-23(27)18-7-11-21(12-8-18)32(28,29)24-14-20-4-3-13-30-20/h3-13,16,24H,14-15H2,1-2H3,(H,25,26). The lowest BCUT2D eigenvalue weighted by atomic mass is 10.0. The predicted octanol–water partition coefficient (Wildman–Crippen LogP) is 3.68. The molecule has 8 nitrogen and oxygen atoms in total. The van der Waals surface area contributed by atoms with E-state index < -0.39 is 28.5 Å². The molecule has 32 heavy (non-hydrogen) atoms. The molecular weight excluding hydrogens is 432 g/mol. The van der Waals surface area contributed by atoms with Crippen molar-refractivity contribution in [2.45, 2.75) is 31.2 Å². The van der Waals surface area contributed by atoms with Crippen LogP contribution in [0.4, 0.5) is 5.69 Å². The van der Waals surface area contributed by atoms with Crippen LogP contribution in [0.25, 0.3) is 0 Å². The summed E-state index contributed by atoms with van der Waals surface area (Å²) < 4.78 is 37.2. The zero-order valence-electron chi connectivity index (χ0n) is 17.7. The molecule has 0 saturated heterocycles. The van der Waals surface area contributed by atoms with E-state index in [1.807, 2.05) is 12.1 Å². The third-order valence-corrected chi connectivity index (χ3v) is 6.03. The van der Waals surface area contributed by atoms with E-state index in [4.69, 9.17) is 9.15 Å². The Labute approximate surface area is 186 Å². The van der Waals surface area contributed by atoms with E-state index in [-0.39, 0.29) is 17.0 Å². The summed E-state index contributed by atoms with van der Waals surface area (Å²) in [5, 5.41) is 2.66. The van der Waals surface area contributed by atoms with Gasteiger partial charge in [-0.1, -0.05) is 26.0 Å². The average molecular weight is 457 g/mol. The molecule has 2 N–H and O–H groups in total. The van der Waals surface area contributed by atoms with E-state index in [9.17, 15) is 18.0 Å². The highest BCUT2D eigenvalue weighted by Gasteiger charge is 2.16. The number of amides is 1. The summed E-state index contributed by atoms with van der Waals surface area (Å²) in [5.74, 6) is -0.350. The maximum absolute atomic E-state index is 12.3. The molecule has 0 spiro atoms. The number of ether oxygens (including phenoxy) is 1. The van der Waals surface area contributed by atoms with Crippen LogP contribution in [-0.4, -0.2) is 26.9 Å². The molecule has 0 saturated carbocycles. The number of carbonyl (C=O) groups excluding carboxylic acids is 2. The molecule has 0 fully saturated rings. The Kier molecular flexibility index (Phi) is 7.45. The highest BCUT2D eigenvalue weighted by Crippen LogP contribution is 2.17. The van der Waals surface area contributed by atoms with Crippen molar-refractivity contribution >= 4 is 27.6 Å². The maximum atomic E-state index is 12.3. The van der Waals surface area contributed by atoms with Crippen molar-refractivity contribution in [1.82, 2.24) is 4.72 Å². The topological polar surface area (TPSA) is 115 Å². The van der Waals surface area contributed by atoms with Crippen LogP contribution in [0.1, 0.15) is 41.4 Å². The number of nitrogens with one attached hydrogen (secondary N) is 2. The molecule has 0 aliphatic carbocycles. The second-order valence-corrected chi connectivity index (χ2v) is 9.10. The van der Waals surface area contributed by atoms with Gasteiger partial charge in [-0.2, -0.15) is 0 Å². The van der Waals surface area contributed by atoms with E-state index in [1.165, 1.54) is 30.5 Å². The Morgan fingerprint density at radius 2 is 1.69 bits per heavy atom. The van der Waals surface area contributed by atoms with Gasteiger partial charge in [0.2, 0.25) is 10.0 Å². The Morgan fingerprint density at radius 3 is 2.28 bits per heavy atom. The molecule has 0 aliphatic rings. The fourth-order valence-electron chi connectivity index (χ4n) is 2.80. The van der Waals surface area contributed by atoms with E-state index >= 15 is 0 Å². The van der Waals surface area contributed by atoms with Crippen LogP contribution >= 0.6 is 0 Å². The number of furan rings is 1. The molecule has 0 unspecified atom stereocenters. The van der Waals surface area contributed by atoms with Crippen LogP contribution in [0.3, 0.4) is 0 Å². The molecule has 3 aromatic rings. The average Bonchev–Trinajstić information content (AvgIpc) is 3.30. The number of anilines is 1. The molecule has 2 aromatic carbocycles. The summed E-state index contributed by atoms with van der Waals surface area (Å²) >= 11 is 0. The molecule has 0 radical (unpaired) electrons. The van der Waals surface area contributed by atoms with E-state index in [2.05, 4.69) is 23.9 Å². The minimum absolute atomic E-state index is 0.00837. The molecule has 0 bridgehead atoms. The third kappa shape index (κ3) is 6.29. The van der Waals surface area contributed by atoms with Gasteiger partial charge in [-0.15, -0.1) is 0 Å². The van der Waals surface area contributed by atoms with Crippen molar-refractivity contribution in [3.63, 3.8) is 0 Å². The highest BCUT2D eigenvalue weighted by molar-refractivity contribution is 7.89. The van der Waals surface area contributed by atoms with Crippen molar-refractivity contribution in [3.8, 4) is 0 Å². The summed E-state index contributed by atoms with van der Waals surface area (Å²) in [5.41, 5.74) is 1.88. The summed E-state index contributed by atoms with van der Waals surface area (Å²) in [6.45, 7) is 3.70. The Hall–Kier alpha value is -3.43. The van der Waals surface area contributed by atoms with Gasteiger partial charge in [0.1, 0.15) is 5.76 Å². The fourth-order valence-corrected chi connectivity index (χ4v) is 3.79. The highest BCUT2D eigenvalue weighted by atomic mass is 32.2. The minimum Gasteiger partial charge on any atom is -0.468 e. The van der Waals surface area contributed by atoms with Gasteiger partial charge in [-0.3, -0.25) is 4.79 Å². The van der Waals surface area contributed by atoms with E-state index in [1.54, 1.807) is 24.3 Å². The number of hydrogen-bond donors (Lipinski definition) is 2. The van der Waals surface area contributed by atoms with Crippen molar-refractivity contribution < 1.29 is 27.2 Å². The number of hydrogen-bond acceptors (Lipinski definition) is 6. The van der Waals surface area contributed by atoms with Gasteiger partial charge in [-0.25, -0.2) is 17.9 Å². The molecule has 9 heteroatoms. The van der Waals surface area contributed by atoms with Crippen molar-refractivity contribution in [2.75, 3.05) is 11.9 Å². The number of benzene rings is 2. The first-order valence-corrected chi connectivity index (χ1v) is 11.4. The van der Waals surface area contributed by atoms with Crippen LogP contribution in [0.15, 0.2) is 76.2 Å². The Bertz CT molecular complexity index is 1150. The van der Waals surface area contributed by atoms with Gasteiger partial charge in [0.25, 0.3) is 5.91 Å². The van der Waals surface area contributed by atoms with Gasteiger partial charge in [0.15, 0.2) is 6.61 Å². The molecule has 3 rings (SSSR count). The lowest BCUT2D eigenvalue weighted by molar-refractivity contribution is -0.119. The molecule has 1 aromatic heterocycles. The maximum Gasteiger partial charge on any atom is 0.338 e. The molecule has 1 heterocycles. The zero-order valence-corrected chi connectivity index (χ0v) is 18.5. The monoisotopic (exact) mass is 456 g/mol. The summed E-state index contributed by atoms with van der Waals surface area (Å²) in [6, 6.07) is 16.0. The van der Waals surface area contributed by atoms with E-state index in [0.717, 1.165) is 5.56 Å². The van der Waals surface area contributed by atoms with Crippen LogP contribution < -0.4 is 10.0 Å². The Balaban J connectivity index is 1.51. The minimum atomic E-state index is -3.77. The second-order valence-electron chi connectivity index (χ2n) is 7.33. The lowest BCUT2D eigenvalue weighted by Gasteiger charge is -2.09. The third-order valence-electron chi connectivity index (χ3n) is 4.61. The molecule has 1 amide bonds. The van der Waals surface area contributed by atoms with Gasteiger partial charge >= 0.3 is 5.97 Å². The van der Waals surface area contributed by atoms with Crippen LogP contribution in [0, 0.1) is 0 Å². The van der Waals surface area contributed by atoms with Gasteiger partial charge < -0.3 is 14.5 Å². The summed E-state index contributed by atoms with van der Waals surface area (Å²) in [7, 11) is -3.77. The lowest BCUT2D eigenvalue weighted by Crippen LogP contribution is -2.23. The molecule has 0 aliphatic heterocycles. The largest absolute Gasteiger partial charge is 0.468 e. The first-order chi connectivity index (χ1) is 15.2. The van der Waals surface area contributed by atoms with Gasteiger partial charge in [-0.05, 0) is 60.0 Å². The number of sulfonamides is 1. The SMILES string of the molecule is CC(C)c1ccc(NC(=O)COC(=O)c2ccc(S(=O)(=O)NCc3ccco3)cc2)cc1. The molecule has 168 valence electrons. The van der Waals surface area contributed by atoms with E-state index in [0.29, 0.717) is 17.4 Å². The van der Waals surface area contributed by atoms with Crippen LogP contribution in [0.5, 0.6) is 0 Å². The van der Waals surface area contributed by atoms with Gasteiger partial charge in [0, 0.05) is 5.69 Å². The quantitative estimate of drug-likeness (QED) is 0.475.